The van der Waals surface area contributed by atoms with Crippen molar-refractivity contribution in [3.05, 3.63) is 12.2 Å². The lowest BCUT2D eigenvalue weighted by Crippen LogP contribution is -1.97. The Labute approximate surface area is 161 Å². The van der Waals surface area contributed by atoms with E-state index in [1.165, 1.54) is 83.5 Å². The second kappa shape index (κ2) is 16.4. The Bertz CT molecular complexity index is 364. The molecular formula is C23H42O3. The van der Waals surface area contributed by atoms with E-state index in [1.807, 2.05) is 0 Å². The van der Waals surface area contributed by atoms with Gasteiger partial charge in [-0.2, -0.15) is 0 Å². The van der Waals surface area contributed by atoms with E-state index in [9.17, 15) is 4.79 Å². The Morgan fingerprint density at radius 3 is 1.92 bits per heavy atom. The van der Waals surface area contributed by atoms with Gasteiger partial charge in [-0.15, -0.1) is 0 Å². The van der Waals surface area contributed by atoms with Gasteiger partial charge in [-0.1, -0.05) is 96.1 Å². The van der Waals surface area contributed by atoms with E-state index in [2.05, 4.69) is 19.1 Å². The monoisotopic (exact) mass is 366 g/mol. The minimum absolute atomic E-state index is 0.255. The maximum Gasteiger partial charge on any atom is 0.303 e. The first kappa shape index (κ1) is 23.2. The maximum atomic E-state index is 10.5. The molecule has 3 nitrogen and oxygen atoms in total. The highest BCUT2D eigenvalue weighted by Crippen LogP contribution is 2.28. The molecule has 0 radical (unpaired) electrons. The molecule has 2 atom stereocenters. The number of unbranched alkanes of at least 4 members (excludes halogenated alkanes) is 13. The highest BCUT2D eigenvalue weighted by atomic mass is 16.6. The molecule has 0 aromatic rings. The lowest BCUT2D eigenvalue weighted by molar-refractivity contribution is -0.137. The summed E-state index contributed by atoms with van der Waals surface area (Å²) in [6.45, 7) is 2.28. The summed E-state index contributed by atoms with van der Waals surface area (Å²) in [6, 6.07) is 0. The molecule has 0 aromatic carbocycles. The zero-order valence-corrected chi connectivity index (χ0v) is 17.1. The molecule has 152 valence electrons. The SMILES string of the molecule is CCCCCCCCCCCCCCCC=CC1OC1CCCC(=O)O. The van der Waals surface area contributed by atoms with Crippen LogP contribution >= 0.6 is 0 Å². The molecule has 1 rings (SSSR count). The van der Waals surface area contributed by atoms with E-state index in [4.69, 9.17) is 9.84 Å². The third-order valence-corrected chi connectivity index (χ3v) is 5.30. The average molecular weight is 367 g/mol. The lowest BCUT2D eigenvalue weighted by atomic mass is 10.0. The molecular weight excluding hydrogens is 324 g/mol. The highest BCUT2D eigenvalue weighted by molar-refractivity contribution is 5.66. The van der Waals surface area contributed by atoms with Crippen molar-refractivity contribution >= 4 is 5.97 Å². The fourth-order valence-electron chi connectivity index (χ4n) is 3.52. The minimum Gasteiger partial charge on any atom is -0.481 e. The predicted molar refractivity (Wildman–Crippen MR) is 110 cm³/mol. The van der Waals surface area contributed by atoms with E-state index >= 15 is 0 Å². The lowest BCUT2D eigenvalue weighted by Gasteiger charge is -2.02. The van der Waals surface area contributed by atoms with Crippen LogP contribution in [0.15, 0.2) is 12.2 Å². The van der Waals surface area contributed by atoms with Crippen LogP contribution in [0.2, 0.25) is 0 Å². The van der Waals surface area contributed by atoms with Crippen molar-refractivity contribution in [3.8, 4) is 0 Å². The molecule has 3 heteroatoms. The van der Waals surface area contributed by atoms with E-state index in [-0.39, 0.29) is 18.6 Å². The van der Waals surface area contributed by atoms with Gasteiger partial charge in [-0.05, 0) is 25.7 Å². The zero-order valence-electron chi connectivity index (χ0n) is 17.1. The third-order valence-electron chi connectivity index (χ3n) is 5.30. The molecule has 1 aliphatic heterocycles. The predicted octanol–water partition coefficient (Wildman–Crippen LogP) is 7.05. The van der Waals surface area contributed by atoms with E-state index in [1.54, 1.807) is 0 Å². The number of hydrogen-bond acceptors (Lipinski definition) is 2. The molecule has 2 unspecified atom stereocenters. The summed E-state index contributed by atoms with van der Waals surface area (Å²) in [5.41, 5.74) is 0. The molecule has 0 spiro atoms. The number of carbonyl (C=O) groups is 1. The Morgan fingerprint density at radius 1 is 0.846 bits per heavy atom. The number of allylic oxidation sites excluding steroid dienone is 1. The number of rotatable bonds is 19. The fourth-order valence-corrected chi connectivity index (χ4v) is 3.52. The highest BCUT2D eigenvalue weighted by Gasteiger charge is 2.35. The van der Waals surface area contributed by atoms with Gasteiger partial charge in [-0.3, -0.25) is 4.79 Å². The standard InChI is InChI=1S/C23H42O3/c1-2-3-4-5-6-7-8-9-10-11-12-13-14-15-16-18-21-22(26-21)19-17-20-23(24)25/h16,18,21-22H,2-15,17,19-20H2,1H3,(H,24,25). The van der Waals surface area contributed by atoms with Crippen molar-refractivity contribution in [2.75, 3.05) is 0 Å². The molecule has 1 heterocycles. The van der Waals surface area contributed by atoms with Crippen LogP contribution in [0.3, 0.4) is 0 Å². The van der Waals surface area contributed by atoms with Crippen molar-refractivity contribution in [2.24, 2.45) is 0 Å². The first-order valence-corrected chi connectivity index (χ1v) is 11.3. The number of carboxylic acids is 1. The summed E-state index contributed by atoms with van der Waals surface area (Å²) in [5, 5.41) is 8.61. The van der Waals surface area contributed by atoms with Crippen LogP contribution in [0.1, 0.15) is 116 Å². The quantitative estimate of drug-likeness (QED) is 0.151. The van der Waals surface area contributed by atoms with Gasteiger partial charge < -0.3 is 9.84 Å². The Morgan fingerprint density at radius 2 is 1.38 bits per heavy atom. The van der Waals surface area contributed by atoms with Crippen molar-refractivity contribution < 1.29 is 14.6 Å². The molecule has 0 bridgehead atoms. The van der Waals surface area contributed by atoms with Crippen LogP contribution in [0.5, 0.6) is 0 Å². The van der Waals surface area contributed by atoms with Crippen LogP contribution in [0.25, 0.3) is 0 Å². The molecule has 0 aromatic heterocycles. The molecule has 0 saturated carbocycles. The zero-order chi connectivity index (χ0) is 18.9. The molecule has 0 amide bonds. The number of epoxide rings is 1. The first-order valence-electron chi connectivity index (χ1n) is 11.3. The van der Waals surface area contributed by atoms with Gasteiger partial charge in [0.15, 0.2) is 0 Å². The Balaban J connectivity index is 1.74. The van der Waals surface area contributed by atoms with Crippen molar-refractivity contribution in [2.45, 2.75) is 128 Å². The van der Waals surface area contributed by atoms with Gasteiger partial charge in [0.05, 0.1) is 6.10 Å². The van der Waals surface area contributed by atoms with Crippen LogP contribution in [0.4, 0.5) is 0 Å². The topological polar surface area (TPSA) is 49.8 Å². The molecule has 1 fully saturated rings. The second-order valence-electron chi connectivity index (χ2n) is 7.88. The van der Waals surface area contributed by atoms with Gasteiger partial charge in [0, 0.05) is 6.42 Å². The van der Waals surface area contributed by atoms with Crippen LogP contribution < -0.4 is 0 Å². The maximum absolute atomic E-state index is 10.5. The first-order chi connectivity index (χ1) is 12.7. The normalized spacial score (nSPS) is 19.3. The van der Waals surface area contributed by atoms with Crippen molar-refractivity contribution in [1.82, 2.24) is 0 Å². The third kappa shape index (κ3) is 14.4. The van der Waals surface area contributed by atoms with Gasteiger partial charge in [0.1, 0.15) is 6.10 Å². The van der Waals surface area contributed by atoms with Crippen LogP contribution in [0, 0.1) is 0 Å². The summed E-state index contributed by atoms with van der Waals surface area (Å²) >= 11 is 0. The smallest absolute Gasteiger partial charge is 0.303 e. The van der Waals surface area contributed by atoms with Gasteiger partial charge in [0.2, 0.25) is 0 Å². The van der Waals surface area contributed by atoms with E-state index in [0.29, 0.717) is 0 Å². The van der Waals surface area contributed by atoms with E-state index in [0.717, 1.165) is 19.3 Å². The Kier molecular flexibility index (Phi) is 14.6. The van der Waals surface area contributed by atoms with Gasteiger partial charge >= 0.3 is 5.97 Å². The van der Waals surface area contributed by atoms with Gasteiger partial charge in [-0.25, -0.2) is 0 Å². The summed E-state index contributed by atoms with van der Waals surface area (Å²) in [7, 11) is 0. The number of aliphatic carboxylic acids is 1. The minimum atomic E-state index is -0.708. The number of hydrogen-bond donors (Lipinski definition) is 1. The van der Waals surface area contributed by atoms with Crippen LogP contribution in [-0.2, 0) is 9.53 Å². The molecule has 1 saturated heterocycles. The summed E-state index contributed by atoms with van der Waals surface area (Å²) in [6.07, 6.45) is 26.2. The van der Waals surface area contributed by atoms with Gasteiger partial charge in [0.25, 0.3) is 0 Å². The largest absolute Gasteiger partial charge is 0.481 e. The summed E-state index contributed by atoms with van der Waals surface area (Å²) in [5.74, 6) is -0.708. The van der Waals surface area contributed by atoms with Crippen LogP contribution in [-0.4, -0.2) is 23.3 Å². The van der Waals surface area contributed by atoms with Crippen molar-refractivity contribution in [3.63, 3.8) is 0 Å². The number of carboxylic acid groups (broad SMARTS) is 1. The molecule has 1 N–H and O–H groups in total. The number of ether oxygens (including phenoxy) is 1. The average Bonchev–Trinajstić information content (AvgIpc) is 3.36. The summed E-state index contributed by atoms with van der Waals surface area (Å²) < 4.78 is 5.54. The molecule has 26 heavy (non-hydrogen) atoms. The summed E-state index contributed by atoms with van der Waals surface area (Å²) in [4.78, 5) is 10.5. The van der Waals surface area contributed by atoms with E-state index < -0.39 is 5.97 Å². The molecule has 1 aliphatic rings. The fraction of sp³-hybridized carbons (Fsp3) is 0.870. The molecule has 0 aliphatic carbocycles. The second-order valence-corrected chi connectivity index (χ2v) is 7.88. The van der Waals surface area contributed by atoms with Crippen molar-refractivity contribution in [1.29, 1.82) is 0 Å². The Hall–Kier alpha value is -0.830.